The average Bonchev–Trinajstić information content (AvgIpc) is 3.11. The molecule has 0 saturated carbocycles. The molecule has 2 fully saturated rings. The van der Waals surface area contributed by atoms with Crippen LogP contribution in [0.25, 0.3) is 0 Å². The van der Waals surface area contributed by atoms with E-state index in [2.05, 4.69) is 25.8 Å². The summed E-state index contributed by atoms with van der Waals surface area (Å²) in [5.41, 5.74) is 1.10. The molecule has 2 aromatic rings. The molecule has 2 atom stereocenters. The van der Waals surface area contributed by atoms with Gasteiger partial charge in [-0.25, -0.2) is 9.97 Å². The third-order valence-electron chi connectivity index (χ3n) is 5.14. The fourth-order valence-corrected chi connectivity index (χ4v) is 3.86. The molecule has 4 rings (SSSR count). The van der Waals surface area contributed by atoms with Crippen LogP contribution < -0.4 is 14.5 Å². The lowest BCUT2D eigenvalue weighted by Gasteiger charge is -2.37. The van der Waals surface area contributed by atoms with Gasteiger partial charge in [0, 0.05) is 58.2 Å². The fourth-order valence-electron chi connectivity index (χ4n) is 3.86. The van der Waals surface area contributed by atoms with Crippen LogP contribution in [-0.4, -0.2) is 79.4 Å². The van der Waals surface area contributed by atoms with Crippen molar-refractivity contribution in [2.45, 2.75) is 18.7 Å². The van der Waals surface area contributed by atoms with E-state index < -0.39 is 0 Å². The molecule has 2 aliphatic rings. The molecule has 0 N–H and O–H groups in total. The highest BCUT2D eigenvalue weighted by molar-refractivity contribution is 5.45. The maximum absolute atomic E-state index is 6.07. The van der Waals surface area contributed by atoms with Crippen LogP contribution in [0.1, 0.15) is 5.56 Å². The van der Waals surface area contributed by atoms with Gasteiger partial charge in [0.15, 0.2) is 0 Å². The molecule has 8 nitrogen and oxygen atoms in total. The van der Waals surface area contributed by atoms with Crippen LogP contribution in [0.3, 0.4) is 0 Å². The molecular weight excluding hydrogens is 344 g/mol. The van der Waals surface area contributed by atoms with Crippen molar-refractivity contribution in [3.05, 3.63) is 36.2 Å². The molecule has 0 radical (unpaired) electrons. The Kier molecular flexibility index (Phi) is 5.09. The van der Waals surface area contributed by atoms with E-state index in [1.165, 1.54) is 0 Å². The third-order valence-corrected chi connectivity index (χ3v) is 5.14. The van der Waals surface area contributed by atoms with Crippen molar-refractivity contribution >= 4 is 11.8 Å². The molecule has 144 valence electrons. The molecule has 2 saturated heterocycles. The number of fused-ring (bicyclic) bond motifs is 1. The maximum atomic E-state index is 6.07. The number of ether oxygens (including phenoxy) is 2. The van der Waals surface area contributed by atoms with E-state index in [-0.39, 0.29) is 12.1 Å². The number of methoxy groups -OCH3 is 1. The van der Waals surface area contributed by atoms with Crippen LogP contribution in [0.2, 0.25) is 0 Å². The summed E-state index contributed by atoms with van der Waals surface area (Å²) in [6, 6.07) is 6.29. The lowest BCUT2D eigenvalue weighted by atomic mass is 10.1. The summed E-state index contributed by atoms with van der Waals surface area (Å²) in [6.45, 7) is 4.17. The number of morpholine rings is 1. The molecular formula is C19H26N6O2. The number of likely N-dealkylation sites (tertiary alicyclic amines) is 1. The average molecular weight is 370 g/mol. The number of nitrogens with zero attached hydrogens (tertiary/aromatic N) is 6. The minimum Gasteiger partial charge on any atom is -0.481 e. The van der Waals surface area contributed by atoms with Crippen LogP contribution in [0.4, 0.5) is 11.8 Å². The molecule has 0 unspecified atom stereocenters. The minimum absolute atomic E-state index is 0.180. The van der Waals surface area contributed by atoms with Gasteiger partial charge in [0.1, 0.15) is 5.82 Å². The maximum Gasteiger partial charge on any atom is 0.226 e. The van der Waals surface area contributed by atoms with Crippen LogP contribution in [-0.2, 0) is 11.3 Å². The van der Waals surface area contributed by atoms with E-state index in [9.17, 15) is 0 Å². The molecule has 0 spiro atoms. The number of rotatable bonds is 5. The molecule has 2 aliphatic heterocycles. The fraction of sp³-hybridized carbons (Fsp3) is 0.526. The molecule has 2 aromatic heterocycles. The number of pyridine rings is 1. The van der Waals surface area contributed by atoms with Crippen molar-refractivity contribution in [3.8, 4) is 5.88 Å². The van der Waals surface area contributed by atoms with Gasteiger partial charge in [0.2, 0.25) is 11.8 Å². The second kappa shape index (κ2) is 7.66. The Labute approximate surface area is 159 Å². The first-order valence-electron chi connectivity index (χ1n) is 9.24. The number of aromatic nitrogens is 3. The largest absolute Gasteiger partial charge is 0.481 e. The van der Waals surface area contributed by atoms with Crippen molar-refractivity contribution in [2.75, 3.05) is 57.2 Å². The van der Waals surface area contributed by atoms with Crippen LogP contribution in [0.5, 0.6) is 5.88 Å². The quantitative estimate of drug-likeness (QED) is 0.773. The Bertz CT molecular complexity index is 786. The summed E-state index contributed by atoms with van der Waals surface area (Å²) in [5.74, 6) is 2.38. The Balaban J connectivity index is 1.51. The van der Waals surface area contributed by atoms with Crippen molar-refractivity contribution in [1.82, 2.24) is 19.9 Å². The Hall–Kier alpha value is -2.45. The normalized spacial score (nSPS) is 22.6. The topological polar surface area (TPSA) is 66.9 Å². The molecule has 8 heteroatoms. The monoisotopic (exact) mass is 370 g/mol. The summed E-state index contributed by atoms with van der Waals surface area (Å²) in [5, 5.41) is 0. The van der Waals surface area contributed by atoms with Crippen LogP contribution in [0.15, 0.2) is 30.6 Å². The van der Waals surface area contributed by atoms with E-state index in [1.807, 2.05) is 37.3 Å². The van der Waals surface area contributed by atoms with Gasteiger partial charge in [0.25, 0.3) is 0 Å². The Morgan fingerprint density at radius 1 is 1.22 bits per heavy atom. The highest BCUT2D eigenvalue weighted by Crippen LogP contribution is 2.29. The highest BCUT2D eigenvalue weighted by Gasteiger charge is 2.40. The number of hydrogen-bond donors (Lipinski definition) is 0. The third kappa shape index (κ3) is 3.68. The van der Waals surface area contributed by atoms with Gasteiger partial charge in [-0.05, 0) is 12.1 Å². The molecule has 4 heterocycles. The first-order chi connectivity index (χ1) is 13.2. The first kappa shape index (κ1) is 17.9. The second-order valence-electron chi connectivity index (χ2n) is 7.15. The molecule has 0 aromatic carbocycles. The first-order valence-corrected chi connectivity index (χ1v) is 9.24. The SMILES string of the molecule is COc1ncccc1CN1C[C@H]2OCCN(c3ccnc(N(C)C)n3)[C@H]2C1. The highest BCUT2D eigenvalue weighted by atomic mass is 16.5. The van der Waals surface area contributed by atoms with E-state index >= 15 is 0 Å². The standard InChI is InChI=1S/C19H26N6O2/c1-23(2)19-21-8-6-17(22-19)25-9-10-27-16-13-24(12-15(16)25)11-14-5-4-7-20-18(14)26-3/h4-8,15-16H,9-13H2,1-3H3/t15-,16+/m0/s1. The lowest BCUT2D eigenvalue weighted by molar-refractivity contribution is 0.0303. The van der Waals surface area contributed by atoms with Gasteiger partial charge in [-0.2, -0.15) is 4.98 Å². The molecule has 0 amide bonds. The van der Waals surface area contributed by atoms with Gasteiger partial charge in [0.05, 0.1) is 25.9 Å². The molecule has 0 bridgehead atoms. The second-order valence-corrected chi connectivity index (χ2v) is 7.15. The predicted octanol–water partition coefficient (Wildman–Crippen LogP) is 1.04. The van der Waals surface area contributed by atoms with Gasteiger partial charge < -0.3 is 19.3 Å². The van der Waals surface area contributed by atoms with Crippen molar-refractivity contribution in [1.29, 1.82) is 0 Å². The van der Waals surface area contributed by atoms with E-state index in [0.717, 1.165) is 43.5 Å². The number of hydrogen-bond acceptors (Lipinski definition) is 8. The van der Waals surface area contributed by atoms with E-state index in [0.29, 0.717) is 12.5 Å². The Morgan fingerprint density at radius 3 is 2.93 bits per heavy atom. The zero-order chi connectivity index (χ0) is 18.8. The van der Waals surface area contributed by atoms with Crippen LogP contribution in [0, 0.1) is 0 Å². The van der Waals surface area contributed by atoms with Crippen molar-refractivity contribution < 1.29 is 9.47 Å². The smallest absolute Gasteiger partial charge is 0.226 e. The zero-order valence-electron chi connectivity index (χ0n) is 16.1. The van der Waals surface area contributed by atoms with Crippen molar-refractivity contribution in [3.63, 3.8) is 0 Å². The van der Waals surface area contributed by atoms with Gasteiger partial charge in [-0.1, -0.05) is 6.07 Å². The van der Waals surface area contributed by atoms with Gasteiger partial charge in [-0.15, -0.1) is 0 Å². The predicted molar refractivity (Wildman–Crippen MR) is 103 cm³/mol. The lowest BCUT2D eigenvalue weighted by Crippen LogP contribution is -2.51. The van der Waals surface area contributed by atoms with E-state index in [4.69, 9.17) is 14.5 Å². The summed E-state index contributed by atoms with van der Waals surface area (Å²) in [6.07, 6.45) is 3.77. The summed E-state index contributed by atoms with van der Waals surface area (Å²) in [7, 11) is 5.58. The zero-order valence-corrected chi connectivity index (χ0v) is 16.1. The summed E-state index contributed by atoms with van der Waals surface area (Å²) >= 11 is 0. The Morgan fingerprint density at radius 2 is 2.11 bits per heavy atom. The minimum atomic E-state index is 0.180. The van der Waals surface area contributed by atoms with E-state index in [1.54, 1.807) is 13.3 Å². The molecule has 0 aliphatic carbocycles. The summed E-state index contributed by atoms with van der Waals surface area (Å²) < 4.78 is 11.5. The van der Waals surface area contributed by atoms with Crippen LogP contribution >= 0.6 is 0 Å². The van der Waals surface area contributed by atoms with Gasteiger partial charge >= 0.3 is 0 Å². The van der Waals surface area contributed by atoms with Gasteiger partial charge in [-0.3, -0.25) is 4.90 Å². The number of anilines is 2. The molecule has 27 heavy (non-hydrogen) atoms. The summed E-state index contributed by atoms with van der Waals surface area (Å²) in [4.78, 5) is 20.1. The van der Waals surface area contributed by atoms with Crippen molar-refractivity contribution in [2.24, 2.45) is 0 Å².